The van der Waals surface area contributed by atoms with Gasteiger partial charge >= 0.3 is 5.97 Å². The van der Waals surface area contributed by atoms with Crippen LogP contribution in [0.5, 0.6) is 11.5 Å². The van der Waals surface area contributed by atoms with E-state index in [-0.39, 0.29) is 35.4 Å². The van der Waals surface area contributed by atoms with Crippen LogP contribution in [0.25, 0.3) is 0 Å². The Morgan fingerprint density at radius 3 is 2.60 bits per heavy atom. The van der Waals surface area contributed by atoms with Gasteiger partial charge in [0.05, 0.1) is 12.2 Å². The van der Waals surface area contributed by atoms with Crippen LogP contribution in [0.1, 0.15) is 17.3 Å². The molecule has 0 unspecified atom stereocenters. The molecule has 8 heteroatoms. The molecule has 0 N–H and O–H groups in total. The monoisotopic (exact) mass is 300 g/mol. The normalized spacial score (nSPS) is 13.1. The second-order valence-electron chi connectivity index (χ2n) is 4.00. The molecule has 1 aromatic rings. The summed E-state index contributed by atoms with van der Waals surface area (Å²) >= 11 is 0. The van der Waals surface area contributed by atoms with Crippen molar-refractivity contribution in [2.45, 2.75) is 11.8 Å². The summed E-state index contributed by atoms with van der Waals surface area (Å²) in [5.41, 5.74) is -0.282. The molecular weight excluding hydrogens is 288 g/mol. The molecule has 0 saturated heterocycles. The second-order valence-corrected chi connectivity index (χ2v) is 5.95. The highest BCUT2D eigenvalue weighted by molar-refractivity contribution is 7.91. The number of ether oxygens (including phenoxy) is 3. The third-order valence-electron chi connectivity index (χ3n) is 2.57. The van der Waals surface area contributed by atoms with Gasteiger partial charge in [0, 0.05) is 6.26 Å². The first-order valence-corrected chi connectivity index (χ1v) is 7.59. The lowest BCUT2D eigenvalue weighted by atomic mass is 10.1. The Labute approximate surface area is 115 Å². The quantitative estimate of drug-likeness (QED) is 0.455. The molecular formula is C12H12O7S. The van der Waals surface area contributed by atoms with Crippen LogP contribution in [0.15, 0.2) is 17.0 Å². The number of ketones is 1. The Morgan fingerprint density at radius 1 is 1.30 bits per heavy atom. The van der Waals surface area contributed by atoms with Crippen LogP contribution in [0, 0.1) is 0 Å². The zero-order chi connectivity index (χ0) is 14.9. The lowest BCUT2D eigenvalue weighted by Gasteiger charge is -2.09. The molecule has 0 amide bonds. The average Bonchev–Trinajstić information content (AvgIpc) is 2.83. The van der Waals surface area contributed by atoms with Gasteiger partial charge in [-0.05, 0) is 19.1 Å². The van der Waals surface area contributed by atoms with E-state index in [0.717, 1.165) is 6.26 Å². The van der Waals surface area contributed by atoms with Crippen molar-refractivity contribution < 1.29 is 32.2 Å². The van der Waals surface area contributed by atoms with Crippen LogP contribution < -0.4 is 9.47 Å². The molecule has 0 aliphatic carbocycles. The molecule has 7 nitrogen and oxygen atoms in total. The number of hydrogen-bond acceptors (Lipinski definition) is 7. The first-order valence-electron chi connectivity index (χ1n) is 5.70. The number of fused-ring (bicyclic) bond motifs is 1. The zero-order valence-electron chi connectivity index (χ0n) is 10.8. The summed E-state index contributed by atoms with van der Waals surface area (Å²) in [5.74, 6) is -1.99. The molecule has 108 valence electrons. The molecule has 1 aliphatic heterocycles. The fourth-order valence-electron chi connectivity index (χ4n) is 1.80. The molecule has 0 radical (unpaired) electrons. The van der Waals surface area contributed by atoms with Crippen molar-refractivity contribution in [1.82, 2.24) is 0 Å². The Morgan fingerprint density at radius 2 is 2.00 bits per heavy atom. The maximum atomic E-state index is 12.0. The maximum absolute atomic E-state index is 12.0. The number of rotatable bonds is 4. The lowest BCUT2D eigenvalue weighted by Crippen LogP contribution is -2.20. The second kappa shape index (κ2) is 5.12. The van der Waals surface area contributed by atoms with Crippen LogP contribution >= 0.6 is 0 Å². The third kappa shape index (κ3) is 2.46. The van der Waals surface area contributed by atoms with Gasteiger partial charge in [-0.25, -0.2) is 13.2 Å². The lowest BCUT2D eigenvalue weighted by molar-refractivity contribution is -0.137. The molecule has 1 heterocycles. The number of Topliss-reactive ketones (excluding diaryl/α,β-unsaturated/α-hetero) is 1. The predicted octanol–water partition coefficient (Wildman–Crippen LogP) is 0.565. The minimum atomic E-state index is -3.79. The van der Waals surface area contributed by atoms with Crippen molar-refractivity contribution in [3.63, 3.8) is 0 Å². The summed E-state index contributed by atoms with van der Waals surface area (Å²) in [7, 11) is -3.79. The van der Waals surface area contributed by atoms with E-state index in [0.29, 0.717) is 0 Å². The fraction of sp³-hybridized carbons (Fsp3) is 0.333. The number of benzene rings is 1. The van der Waals surface area contributed by atoms with E-state index >= 15 is 0 Å². The summed E-state index contributed by atoms with van der Waals surface area (Å²) < 4.78 is 38.5. The van der Waals surface area contributed by atoms with Crippen molar-refractivity contribution in [2.75, 3.05) is 19.7 Å². The summed E-state index contributed by atoms with van der Waals surface area (Å²) in [6, 6.07) is 2.59. The smallest absolute Gasteiger partial charge is 0.379 e. The van der Waals surface area contributed by atoms with Crippen LogP contribution in [-0.2, 0) is 19.4 Å². The van der Waals surface area contributed by atoms with Crippen molar-refractivity contribution in [3.05, 3.63) is 17.7 Å². The number of hydrogen-bond donors (Lipinski definition) is 0. The summed E-state index contributed by atoms with van der Waals surface area (Å²) in [5, 5.41) is 0. The molecule has 20 heavy (non-hydrogen) atoms. The largest absolute Gasteiger partial charge is 0.460 e. The number of sulfone groups is 1. The topological polar surface area (TPSA) is 96.0 Å². The van der Waals surface area contributed by atoms with Gasteiger partial charge in [0.15, 0.2) is 21.3 Å². The first kappa shape index (κ1) is 14.3. The van der Waals surface area contributed by atoms with Crippen molar-refractivity contribution in [1.29, 1.82) is 0 Å². The molecule has 0 aromatic heterocycles. The van der Waals surface area contributed by atoms with E-state index in [2.05, 4.69) is 4.74 Å². The van der Waals surface area contributed by atoms with Crippen molar-refractivity contribution in [2.24, 2.45) is 0 Å². The zero-order valence-corrected chi connectivity index (χ0v) is 11.7. The SMILES string of the molecule is CCOC(=O)C(=O)c1ccc2c(c1S(C)(=O)=O)OCO2. The molecule has 1 aromatic carbocycles. The molecule has 0 atom stereocenters. The predicted molar refractivity (Wildman–Crippen MR) is 66.6 cm³/mol. The molecule has 0 saturated carbocycles. The molecule has 0 bridgehead atoms. The highest BCUT2D eigenvalue weighted by atomic mass is 32.2. The number of carbonyl (C=O) groups is 2. The Bertz CT molecular complexity index is 675. The minimum Gasteiger partial charge on any atom is -0.460 e. The maximum Gasteiger partial charge on any atom is 0.379 e. The van der Waals surface area contributed by atoms with Crippen molar-refractivity contribution in [3.8, 4) is 11.5 Å². The van der Waals surface area contributed by atoms with Gasteiger partial charge in [0.2, 0.25) is 6.79 Å². The van der Waals surface area contributed by atoms with Gasteiger partial charge in [-0.15, -0.1) is 0 Å². The van der Waals surface area contributed by atoms with Crippen LogP contribution in [0.4, 0.5) is 0 Å². The fourth-order valence-corrected chi connectivity index (χ4v) is 2.86. The van der Waals surface area contributed by atoms with Gasteiger partial charge in [-0.3, -0.25) is 4.79 Å². The standard InChI is InChI=1S/C12H12O7S/c1-3-17-12(14)9(13)7-4-5-8-10(19-6-18-8)11(7)20(2,15)16/h4-5H,3,6H2,1-2H3. The van der Waals surface area contributed by atoms with Gasteiger partial charge in [-0.2, -0.15) is 0 Å². The molecule has 0 spiro atoms. The highest BCUT2D eigenvalue weighted by Crippen LogP contribution is 2.40. The minimum absolute atomic E-state index is 0.0172. The summed E-state index contributed by atoms with van der Waals surface area (Å²) in [6.07, 6.45) is 0.923. The van der Waals surface area contributed by atoms with Gasteiger partial charge in [-0.1, -0.05) is 0 Å². The average molecular weight is 300 g/mol. The van der Waals surface area contributed by atoms with E-state index in [1.807, 2.05) is 0 Å². The highest BCUT2D eigenvalue weighted by Gasteiger charge is 2.32. The van der Waals surface area contributed by atoms with E-state index in [4.69, 9.17) is 9.47 Å². The van der Waals surface area contributed by atoms with Crippen molar-refractivity contribution >= 4 is 21.6 Å². The number of carbonyl (C=O) groups excluding carboxylic acids is 2. The summed E-state index contributed by atoms with van der Waals surface area (Å²) in [6.45, 7) is 1.42. The van der Waals surface area contributed by atoms with E-state index in [1.165, 1.54) is 12.1 Å². The first-order chi connectivity index (χ1) is 9.36. The van der Waals surface area contributed by atoms with Gasteiger partial charge < -0.3 is 14.2 Å². The van der Waals surface area contributed by atoms with Crippen LogP contribution in [0.2, 0.25) is 0 Å². The van der Waals surface area contributed by atoms with E-state index < -0.39 is 21.6 Å². The molecule has 1 aliphatic rings. The van der Waals surface area contributed by atoms with E-state index in [1.54, 1.807) is 6.92 Å². The van der Waals surface area contributed by atoms with Crippen LogP contribution in [0.3, 0.4) is 0 Å². The number of esters is 1. The Balaban J connectivity index is 2.60. The molecule has 2 rings (SSSR count). The Kier molecular flexibility index (Phi) is 3.67. The van der Waals surface area contributed by atoms with Gasteiger partial charge in [0.1, 0.15) is 4.90 Å². The van der Waals surface area contributed by atoms with E-state index in [9.17, 15) is 18.0 Å². The molecule has 0 fully saturated rings. The Hall–Kier alpha value is -2.09. The van der Waals surface area contributed by atoms with Gasteiger partial charge in [0.25, 0.3) is 5.78 Å². The third-order valence-corrected chi connectivity index (χ3v) is 3.72. The van der Waals surface area contributed by atoms with Crippen LogP contribution in [-0.4, -0.2) is 39.8 Å². The summed E-state index contributed by atoms with van der Waals surface area (Å²) in [4.78, 5) is 23.1.